The van der Waals surface area contributed by atoms with Crippen molar-refractivity contribution in [2.75, 3.05) is 6.61 Å². The number of hydrogen-bond acceptors (Lipinski definition) is 5. The predicted octanol–water partition coefficient (Wildman–Crippen LogP) is 4.76. The van der Waals surface area contributed by atoms with Gasteiger partial charge < -0.3 is 4.74 Å². The Labute approximate surface area is 134 Å². The molecule has 114 valence electrons. The lowest BCUT2D eigenvalue weighted by atomic mass is 10.00. The van der Waals surface area contributed by atoms with Gasteiger partial charge in [-0.25, -0.2) is 4.79 Å². The van der Waals surface area contributed by atoms with Crippen LogP contribution in [0.4, 0.5) is 4.79 Å². The minimum Gasteiger partial charge on any atom is -0.458 e. The Bertz CT molecular complexity index is 476. The van der Waals surface area contributed by atoms with Gasteiger partial charge in [0.05, 0.1) is 6.61 Å². The summed E-state index contributed by atoms with van der Waals surface area (Å²) in [6.45, 7) is 2.21. The van der Waals surface area contributed by atoms with Crippen molar-refractivity contribution in [1.29, 1.82) is 0 Å². The van der Waals surface area contributed by atoms with Gasteiger partial charge >= 0.3 is 5.30 Å². The van der Waals surface area contributed by atoms with Crippen molar-refractivity contribution < 1.29 is 14.3 Å². The molecular weight excluding hydrogens is 304 g/mol. The second kappa shape index (κ2) is 8.49. The highest BCUT2D eigenvalue weighted by Gasteiger charge is 2.30. The Morgan fingerprint density at radius 1 is 1.10 bits per heavy atom. The minimum atomic E-state index is -0.220. The molecule has 2 atom stereocenters. The van der Waals surface area contributed by atoms with Crippen molar-refractivity contribution in [1.82, 2.24) is 0 Å². The topological polar surface area (TPSA) is 43.4 Å². The van der Waals surface area contributed by atoms with Crippen LogP contribution in [-0.2, 0) is 4.74 Å². The van der Waals surface area contributed by atoms with E-state index in [9.17, 15) is 9.59 Å². The van der Waals surface area contributed by atoms with Gasteiger partial charge in [-0.3, -0.25) is 4.79 Å². The van der Waals surface area contributed by atoms with E-state index in [0.717, 1.165) is 31.2 Å². The first-order chi connectivity index (χ1) is 10.2. The van der Waals surface area contributed by atoms with Crippen LogP contribution in [0, 0.1) is 0 Å². The van der Waals surface area contributed by atoms with E-state index in [2.05, 4.69) is 0 Å². The largest absolute Gasteiger partial charge is 0.458 e. The number of carbonyl (C=O) groups is 2. The zero-order valence-electron chi connectivity index (χ0n) is 12.1. The maximum absolute atomic E-state index is 12.3. The first kappa shape index (κ1) is 16.4. The maximum atomic E-state index is 12.3. The highest BCUT2D eigenvalue weighted by atomic mass is 32.2. The molecule has 1 fully saturated rings. The smallest absolute Gasteiger partial charge is 0.367 e. The summed E-state index contributed by atoms with van der Waals surface area (Å²) in [7, 11) is 0. The van der Waals surface area contributed by atoms with Gasteiger partial charge in [0, 0.05) is 16.1 Å². The van der Waals surface area contributed by atoms with Gasteiger partial charge in [-0.05, 0) is 31.5 Å². The summed E-state index contributed by atoms with van der Waals surface area (Å²) >= 11 is 2.63. The third-order valence-corrected chi connectivity index (χ3v) is 6.09. The summed E-state index contributed by atoms with van der Waals surface area (Å²) in [5, 5.41) is 0.246. The molecule has 2 rings (SSSR count). The molecule has 1 aromatic rings. The third kappa shape index (κ3) is 5.08. The van der Waals surface area contributed by atoms with Crippen LogP contribution >= 0.6 is 23.5 Å². The SMILES string of the molecule is CCOC(=O)SC1CCCCC1SC(=O)c1ccccc1. The van der Waals surface area contributed by atoms with Gasteiger partial charge in [0.2, 0.25) is 5.12 Å². The average molecular weight is 324 g/mol. The molecule has 21 heavy (non-hydrogen) atoms. The first-order valence-corrected chi connectivity index (χ1v) is 9.06. The zero-order chi connectivity index (χ0) is 15.1. The summed E-state index contributed by atoms with van der Waals surface area (Å²) in [6.07, 6.45) is 4.21. The summed E-state index contributed by atoms with van der Waals surface area (Å²) in [6, 6.07) is 9.33. The van der Waals surface area contributed by atoms with Crippen LogP contribution in [0.15, 0.2) is 30.3 Å². The fraction of sp³-hybridized carbons (Fsp3) is 0.500. The molecule has 0 N–H and O–H groups in total. The van der Waals surface area contributed by atoms with E-state index in [1.807, 2.05) is 37.3 Å². The Morgan fingerprint density at radius 2 is 1.71 bits per heavy atom. The molecule has 1 aliphatic rings. The fourth-order valence-electron chi connectivity index (χ4n) is 2.39. The van der Waals surface area contributed by atoms with Gasteiger partial charge in [-0.2, -0.15) is 0 Å². The van der Waals surface area contributed by atoms with E-state index in [1.54, 1.807) is 0 Å². The van der Waals surface area contributed by atoms with E-state index in [-0.39, 0.29) is 20.9 Å². The highest BCUT2D eigenvalue weighted by Crippen LogP contribution is 2.38. The number of ether oxygens (including phenoxy) is 1. The van der Waals surface area contributed by atoms with Gasteiger partial charge in [-0.1, -0.05) is 54.9 Å². The number of hydrogen-bond donors (Lipinski definition) is 0. The van der Waals surface area contributed by atoms with E-state index in [1.165, 1.54) is 23.5 Å². The van der Waals surface area contributed by atoms with Gasteiger partial charge in [0.25, 0.3) is 0 Å². The number of carbonyl (C=O) groups excluding carboxylic acids is 2. The molecule has 2 unspecified atom stereocenters. The summed E-state index contributed by atoms with van der Waals surface area (Å²) < 4.78 is 5.01. The van der Waals surface area contributed by atoms with Crippen molar-refractivity contribution in [3.8, 4) is 0 Å². The van der Waals surface area contributed by atoms with E-state index < -0.39 is 0 Å². The monoisotopic (exact) mass is 324 g/mol. The molecule has 3 nitrogen and oxygen atoms in total. The molecule has 0 heterocycles. The lowest BCUT2D eigenvalue weighted by Gasteiger charge is -2.29. The molecule has 1 saturated carbocycles. The van der Waals surface area contributed by atoms with Crippen LogP contribution in [0.2, 0.25) is 0 Å². The van der Waals surface area contributed by atoms with Crippen molar-refractivity contribution in [3.63, 3.8) is 0 Å². The first-order valence-electron chi connectivity index (χ1n) is 7.30. The molecule has 0 radical (unpaired) electrons. The Hall–Kier alpha value is -0.940. The molecule has 0 spiro atoms. The van der Waals surface area contributed by atoms with Gasteiger partial charge in [-0.15, -0.1) is 0 Å². The molecule has 0 aliphatic heterocycles. The van der Waals surface area contributed by atoms with E-state index in [4.69, 9.17) is 4.74 Å². The highest BCUT2D eigenvalue weighted by molar-refractivity contribution is 8.17. The second-order valence-corrected chi connectivity index (χ2v) is 7.32. The quantitative estimate of drug-likeness (QED) is 0.747. The average Bonchev–Trinajstić information content (AvgIpc) is 2.50. The minimum absolute atomic E-state index is 0.0944. The van der Waals surface area contributed by atoms with Crippen LogP contribution in [0.25, 0.3) is 0 Å². The van der Waals surface area contributed by atoms with Gasteiger partial charge in [0.1, 0.15) is 0 Å². The van der Waals surface area contributed by atoms with Gasteiger partial charge in [0.15, 0.2) is 0 Å². The Kier molecular flexibility index (Phi) is 6.64. The molecule has 0 saturated heterocycles. The number of thioether (sulfide) groups is 2. The van der Waals surface area contributed by atoms with Crippen LogP contribution in [-0.4, -0.2) is 27.5 Å². The Balaban J connectivity index is 1.95. The molecule has 0 aromatic heterocycles. The van der Waals surface area contributed by atoms with E-state index in [0.29, 0.717) is 6.61 Å². The van der Waals surface area contributed by atoms with Crippen molar-refractivity contribution in [2.45, 2.75) is 43.1 Å². The normalized spacial score (nSPS) is 21.8. The predicted molar refractivity (Wildman–Crippen MR) is 89.0 cm³/mol. The summed E-state index contributed by atoms with van der Waals surface area (Å²) in [5.74, 6) is 0. The lowest BCUT2D eigenvalue weighted by Crippen LogP contribution is -2.27. The molecule has 5 heteroatoms. The summed E-state index contributed by atoms with van der Waals surface area (Å²) in [4.78, 5) is 24.0. The van der Waals surface area contributed by atoms with Crippen molar-refractivity contribution in [2.24, 2.45) is 0 Å². The molecule has 1 aromatic carbocycles. The van der Waals surface area contributed by atoms with Crippen LogP contribution in [0.5, 0.6) is 0 Å². The number of benzene rings is 1. The van der Waals surface area contributed by atoms with Crippen molar-refractivity contribution in [3.05, 3.63) is 35.9 Å². The van der Waals surface area contributed by atoms with Crippen LogP contribution < -0.4 is 0 Å². The van der Waals surface area contributed by atoms with Crippen molar-refractivity contribution >= 4 is 33.9 Å². The van der Waals surface area contributed by atoms with E-state index >= 15 is 0 Å². The summed E-state index contributed by atoms with van der Waals surface area (Å²) in [5.41, 5.74) is 0.730. The molecule has 1 aliphatic carbocycles. The standard InChI is InChI=1S/C16H20O3S2/c1-2-19-16(18)21-14-11-7-6-10-13(14)20-15(17)12-8-4-3-5-9-12/h3-5,8-9,13-14H,2,6-7,10-11H2,1H3. The van der Waals surface area contributed by atoms with Crippen LogP contribution in [0.1, 0.15) is 43.0 Å². The zero-order valence-corrected chi connectivity index (χ0v) is 13.8. The molecule has 0 bridgehead atoms. The molecular formula is C16H20O3S2. The third-order valence-electron chi connectivity index (χ3n) is 3.42. The Morgan fingerprint density at radius 3 is 2.33 bits per heavy atom. The second-order valence-electron chi connectivity index (χ2n) is 4.93. The number of rotatable bonds is 4. The fourth-order valence-corrected chi connectivity index (χ4v) is 4.85. The van der Waals surface area contributed by atoms with Crippen LogP contribution in [0.3, 0.4) is 0 Å². The molecule has 0 amide bonds. The lowest BCUT2D eigenvalue weighted by molar-refractivity contribution is 0.108. The maximum Gasteiger partial charge on any atom is 0.367 e.